The van der Waals surface area contributed by atoms with Crippen molar-refractivity contribution in [3.63, 3.8) is 0 Å². The predicted molar refractivity (Wildman–Crippen MR) is 82.4 cm³/mol. The highest BCUT2D eigenvalue weighted by atomic mass is 16.1. The maximum atomic E-state index is 12.0. The molecular formula is C16H31N3O. The number of rotatable bonds is 5. The molecule has 0 aromatic carbocycles. The van der Waals surface area contributed by atoms with Crippen LogP contribution in [-0.4, -0.2) is 43.0 Å². The van der Waals surface area contributed by atoms with Crippen LogP contribution in [0.4, 0.5) is 0 Å². The molecule has 2 atom stereocenters. The minimum absolute atomic E-state index is 0.238. The summed E-state index contributed by atoms with van der Waals surface area (Å²) in [5.41, 5.74) is 5.98. The number of likely N-dealkylation sites (tertiary alicyclic amines) is 1. The van der Waals surface area contributed by atoms with E-state index in [0.717, 1.165) is 25.9 Å². The summed E-state index contributed by atoms with van der Waals surface area (Å²) in [6, 6.07) is 0.319. The number of hydrogen-bond donors (Lipinski definition) is 2. The third-order valence-corrected chi connectivity index (χ3v) is 5.04. The summed E-state index contributed by atoms with van der Waals surface area (Å²) in [5, 5.41) is 3.15. The Morgan fingerprint density at radius 1 is 1.20 bits per heavy atom. The van der Waals surface area contributed by atoms with Gasteiger partial charge in [-0.3, -0.25) is 4.79 Å². The summed E-state index contributed by atoms with van der Waals surface area (Å²) in [5.74, 6) is 1.43. The average molecular weight is 281 g/mol. The van der Waals surface area contributed by atoms with E-state index in [9.17, 15) is 4.79 Å². The van der Waals surface area contributed by atoms with Gasteiger partial charge in [-0.2, -0.15) is 0 Å². The SMILES string of the molecule is CCN1CCC(CNC(=O)CC2CCCC(N)C2)CC1. The fourth-order valence-corrected chi connectivity index (χ4v) is 3.62. The lowest BCUT2D eigenvalue weighted by Gasteiger charge is -2.31. The Bertz CT molecular complexity index is 300. The van der Waals surface area contributed by atoms with E-state index in [0.29, 0.717) is 24.3 Å². The Kier molecular flexibility index (Phi) is 6.30. The monoisotopic (exact) mass is 281 g/mol. The molecule has 4 nitrogen and oxygen atoms in total. The quantitative estimate of drug-likeness (QED) is 0.807. The molecular weight excluding hydrogens is 250 g/mol. The normalized spacial score (nSPS) is 29.3. The van der Waals surface area contributed by atoms with Crippen LogP contribution < -0.4 is 11.1 Å². The molecule has 2 unspecified atom stereocenters. The topological polar surface area (TPSA) is 58.4 Å². The first kappa shape index (κ1) is 15.8. The highest BCUT2D eigenvalue weighted by Gasteiger charge is 2.22. The Morgan fingerprint density at radius 3 is 2.60 bits per heavy atom. The van der Waals surface area contributed by atoms with Crippen molar-refractivity contribution < 1.29 is 4.79 Å². The molecule has 2 aliphatic rings. The zero-order chi connectivity index (χ0) is 14.4. The van der Waals surface area contributed by atoms with Gasteiger partial charge < -0.3 is 16.0 Å². The summed E-state index contributed by atoms with van der Waals surface area (Å²) < 4.78 is 0. The number of hydrogen-bond acceptors (Lipinski definition) is 3. The van der Waals surface area contributed by atoms with Crippen molar-refractivity contribution in [1.82, 2.24) is 10.2 Å². The largest absolute Gasteiger partial charge is 0.356 e. The number of nitrogens with zero attached hydrogens (tertiary/aromatic N) is 1. The third kappa shape index (κ3) is 5.06. The Balaban J connectivity index is 1.60. The first-order valence-electron chi connectivity index (χ1n) is 8.42. The van der Waals surface area contributed by atoms with Crippen LogP contribution in [0.3, 0.4) is 0 Å². The molecule has 2 fully saturated rings. The molecule has 0 aromatic rings. The van der Waals surface area contributed by atoms with Gasteiger partial charge in [0.2, 0.25) is 5.91 Å². The fraction of sp³-hybridized carbons (Fsp3) is 0.938. The van der Waals surface area contributed by atoms with Gasteiger partial charge in [0.1, 0.15) is 0 Å². The van der Waals surface area contributed by atoms with Gasteiger partial charge in [0, 0.05) is 19.0 Å². The summed E-state index contributed by atoms with van der Waals surface area (Å²) in [6.07, 6.45) is 7.66. The molecule has 116 valence electrons. The number of carbonyl (C=O) groups is 1. The average Bonchev–Trinajstić information content (AvgIpc) is 2.46. The third-order valence-electron chi connectivity index (χ3n) is 5.04. The predicted octanol–water partition coefficient (Wildman–Crippen LogP) is 1.74. The molecule has 1 aliphatic heterocycles. The number of amides is 1. The molecule has 20 heavy (non-hydrogen) atoms. The van der Waals surface area contributed by atoms with E-state index in [1.54, 1.807) is 0 Å². The lowest BCUT2D eigenvalue weighted by molar-refractivity contribution is -0.122. The highest BCUT2D eigenvalue weighted by molar-refractivity contribution is 5.76. The summed E-state index contributed by atoms with van der Waals surface area (Å²) in [4.78, 5) is 14.5. The molecule has 0 bridgehead atoms. The van der Waals surface area contributed by atoms with Gasteiger partial charge in [-0.15, -0.1) is 0 Å². The highest BCUT2D eigenvalue weighted by Crippen LogP contribution is 2.25. The van der Waals surface area contributed by atoms with Crippen LogP contribution in [0.5, 0.6) is 0 Å². The van der Waals surface area contributed by atoms with Crippen molar-refractivity contribution in [3.05, 3.63) is 0 Å². The second-order valence-corrected chi connectivity index (χ2v) is 6.68. The number of carbonyl (C=O) groups excluding carboxylic acids is 1. The molecule has 1 heterocycles. The summed E-state index contributed by atoms with van der Waals surface area (Å²) in [6.45, 7) is 6.62. The van der Waals surface area contributed by atoms with Crippen molar-refractivity contribution in [2.45, 2.75) is 57.9 Å². The van der Waals surface area contributed by atoms with Crippen molar-refractivity contribution in [1.29, 1.82) is 0 Å². The van der Waals surface area contributed by atoms with Crippen LogP contribution in [0.1, 0.15) is 51.9 Å². The first-order valence-corrected chi connectivity index (χ1v) is 8.42. The fourth-order valence-electron chi connectivity index (χ4n) is 3.62. The van der Waals surface area contributed by atoms with Crippen molar-refractivity contribution >= 4 is 5.91 Å². The van der Waals surface area contributed by atoms with Gasteiger partial charge in [0.05, 0.1) is 0 Å². The Hall–Kier alpha value is -0.610. The molecule has 4 heteroatoms. The first-order chi connectivity index (χ1) is 9.67. The van der Waals surface area contributed by atoms with E-state index in [-0.39, 0.29) is 5.91 Å². The zero-order valence-corrected chi connectivity index (χ0v) is 12.9. The van der Waals surface area contributed by atoms with Gasteiger partial charge in [-0.1, -0.05) is 13.3 Å². The van der Waals surface area contributed by atoms with E-state index in [2.05, 4.69) is 17.1 Å². The zero-order valence-electron chi connectivity index (χ0n) is 12.9. The molecule has 0 spiro atoms. The van der Waals surface area contributed by atoms with E-state index in [1.165, 1.54) is 38.8 Å². The molecule has 3 N–H and O–H groups in total. The molecule has 1 amide bonds. The molecule has 1 saturated heterocycles. The summed E-state index contributed by atoms with van der Waals surface area (Å²) in [7, 11) is 0. The lowest BCUT2D eigenvalue weighted by Crippen LogP contribution is -2.39. The minimum Gasteiger partial charge on any atom is -0.356 e. The standard InChI is InChI=1S/C16H31N3O/c1-2-19-8-6-13(7-9-19)12-18-16(20)11-14-4-3-5-15(17)10-14/h13-15H,2-12,17H2,1H3,(H,18,20). The Morgan fingerprint density at radius 2 is 1.95 bits per heavy atom. The van der Waals surface area contributed by atoms with Crippen LogP contribution in [-0.2, 0) is 4.79 Å². The van der Waals surface area contributed by atoms with Crippen LogP contribution in [0, 0.1) is 11.8 Å². The van der Waals surface area contributed by atoms with E-state index < -0.39 is 0 Å². The van der Waals surface area contributed by atoms with Gasteiger partial charge in [-0.05, 0) is 63.6 Å². The van der Waals surface area contributed by atoms with Gasteiger partial charge in [-0.25, -0.2) is 0 Å². The number of nitrogens with one attached hydrogen (secondary N) is 1. The van der Waals surface area contributed by atoms with Crippen LogP contribution in [0.15, 0.2) is 0 Å². The molecule has 1 saturated carbocycles. The minimum atomic E-state index is 0.238. The molecule has 2 rings (SSSR count). The van der Waals surface area contributed by atoms with Crippen molar-refractivity contribution in [3.8, 4) is 0 Å². The van der Waals surface area contributed by atoms with Crippen LogP contribution in [0.2, 0.25) is 0 Å². The summed E-state index contributed by atoms with van der Waals surface area (Å²) >= 11 is 0. The van der Waals surface area contributed by atoms with Crippen molar-refractivity contribution in [2.24, 2.45) is 17.6 Å². The number of nitrogens with two attached hydrogens (primary N) is 1. The van der Waals surface area contributed by atoms with Gasteiger partial charge >= 0.3 is 0 Å². The molecule has 0 aromatic heterocycles. The van der Waals surface area contributed by atoms with Crippen molar-refractivity contribution in [2.75, 3.05) is 26.2 Å². The Labute approximate surface area is 123 Å². The second-order valence-electron chi connectivity index (χ2n) is 6.68. The van der Waals surface area contributed by atoms with Crippen LogP contribution in [0.25, 0.3) is 0 Å². The van der Waals surface area contributed by atoms with Gasteiger partial charge in [0.15, 0.2) is 0 Å². The lowest BCUT2D eigenvalue weighted by atomic mass is 9.84. The smallest absolute Gasteiger partial charge is 0.220 e. The maximum absolute atomic E-state index is 12.0. The second kappa shape index (κ2) is 7.99. The maximum Gasteiger partial charge on any atom is 0.220 e. The van der Waals surface area contributed by atoms with E-state index in [4.69, 9.17) is 5.73 Å². The van der Waals surface area contributed by atoms with Crippen LogP contribution >= 0.6 is 0 Å². The van der Waals surface area contributed by atoms with E-state index in [1.807, 2.05) is 0 Å². The van der Waals surface area contributed by atoms with Gasteiger partial charge in [0.25, 0.3) is 0 Å². The number of piperidine rings is 1. The molecule has 1 aliphatic carbocycles. The molecule has 0 radical (unpaired) electrons. The van der Waals surface area contributed by atoms with E-state index >= 15 is 0 Å².